The van der Waals surface area contributed by atoms with Crippen LogP contribution in [0.3, 0.4) is 0 Å². The average molecular weight is 284 g/mol. The Balaban J connectivity index is 2.03. The standard InChI is InChI=1S/C16H16N2OS/c1-12-10-15(20-14(12)8-5-9-17)16(19)18-11-13-6-3-2-4-7-13/h2-4,6-7,10H,9,11,17H2,1H3,(H,18,19). The number of nitrogens with one attached hydrogen (secondary N) is 1. The van der Waals surface area contributed by atoms with E-state index in [1.807, 2.05) is 43.3 Å². The van der Waals surface area contributed by atoms with Crippen LogP contribution in [0.1, 0.15) is 25.7 Å². The molecule has 0 atom stereocenters. The molecule has 1 aromatic heterocycles. The largest absolute Gasteiger partial charge is 0.347 e. The molecule has 0 unspecified atom stereocenters. The minimum atomic E-state index is -0.0669. The topological polar surface area (TPSA) is 55.1 Å². The second-order valence-corrected chi connectivity index (χ2v) is 5.35. The van der Waals surface area contributed by atoms with Gasteiger partial charge in [0, 0.05) is 6.54 Å². The number of hydrogen-bond acceptors (Lipinski definition) is 3. The van der Waals surface area contributed by atoms with Gasteiger partial charge in [0.05, 0.1) is 16.3 Å². The SMILES string of the molecule is Cc1cc(C(=O)NCc2ccccc2)sc1C#CCN. The Morgan fingerprint density at radius 2 is 2.10 bits per heavy atom. The van der Waals surface area contributed by atoms with Crippen LogP contribution in [0.25, 0.3) is 0 Å². The van der Waals surface area contributed by atoms with Crippen LogP contribution in [0, 0.1) is 18.8 Å². The molecule has 20 heavy (non-hydrogen) atoms. The highest BCUT2D eigenvalue weighted by atomic mass is 32.1. The molecule has 0 aliphatic rings. The lowest BCUT2D eigenvalue weighted by atomic mass is 10.2. The van der Waals surface area contributed by atoms with Gasteiger partial charge in [-0.15, -0.1) is 11.3 Å². The van der Waals surface area contributed by atoms with E-state index in [4.69, 9.17) is 5.73 Å². The number of amides is 1. The Bertz CT molecular complexity index is 650. The first kappa shape index (κ1) is 14.3. The fourth-order valence-electron chi connectivity index (χ4n) is 1.71. The van der Waals surface area contributed by atoms with Crippen LogP contribution in [-0.2, 0) is 6.54 Å². The van der Waals surface area contributed by atoms with Crippen molar-refractivity contribution in [1.29, 1.82) is 0 Å². The number of nitrogens with two attached hydrogens (primary N) is 1. The molecule has 1 aromatic carbocycles. The molecule has 102 valence electrons. The van der Waals surface area contributed by atoms with E-state index in [0.717, 1.165) is 16.0 Å². The second-order valence-electron chi connectivity index (χ2n) is 4.30. The maximum absolute atomic E-state index is 12.1. The van der Waals surface area contributed by atoms with E-state index < -0.39 is 0 Å². The molecule has 4 heteroatoms. The lowest BCUT2D eigenvalue weighted by Gasteiger charge is -2.03. The normalized spacial score (nSPS) is 9.70. The fraction of sp³-hybridized carbons (Fsp3) is 0.188. The van der Waals surface area contributed by atoms with Crippen LogP contribution < -0.4 is 11.1 Å². The first-order valence-corrected chi connectivity index (χ1v) is 7.14. The molecule has 0 radical (unpaired) electrons. The summed E-state index contributed by atoms with van der Waals surface area (Å²) in [6.45, 7) is 2.80. The lowest BCUT2D eigenvalue weighted by Crippen LogP contribution is -2.21. The summed E-state index contributed by atoms with van der Waals surface area (Å²) in [7, 11) is 0. The molecule has 2 aromatic rings. The maximum Gasteiger partial charge on any atom is 0.261 e. The van der Waals surface area contributed by atoms with Gasteiger partial charge in [0.15, 0.2) is 0 Å². The third-order valence-electron chi connectivity index (χ3n) is 2.74. The molecule has 2 rings (SSSR count). The summed E-state index contributed by atoms with van der Waals surface area (Å²) in [5, 5.41) is 2.91. The summed E-state index contributed by atoms with van der Waals surface area (Å²) in [6, 6.07) is 11.7. The Kier molecular flexibility index (Phi) is 4.94. The molecular weight excluding hydrogens is 268 g/mol. The van der Waals surface area contributed by atoms with Crippen LogP contribution in [0.4, 0.5) is 0 Å². The van der Waals surface area contributed by atoms with Gasteiger partial charge in [0.25, 0.3) is 5.91 Å². The van der Waals surface area contributed by atoms with Crippen LogP contribution in [0.2, 0.25) is 0 Å². The van der Waals surface area contributed by atoms with Gasteiger partial charge in [-0.3, -0.25) is 4.79 Å². The predicted octanol–water partition coefficient (Wildman–Crippen LogP) is 2.30. The maximum atomic E-state index is 12.1. The number of carbonyl (C=O) groups excluding carboxylic acids is 1. The summed E-state index contributed by atoms with van der Waals surface area (Å²) >= 11 is 1.40. The summed E-state index contributed by atoms with van der Waals surface area (Å²) in [6.07, 6.45) is 0. The number of hydrogen-bond donors (Lipinski definition) is 2. The summed E-state index contributed by atoms with van der Waals surface area (Å²) in [5.41, 5.74) is 7.45. The van der Waals surface area contributed by atoms with Crippen molar-refractivity contribution >= 4 is 17.2 Å². The molecule has 0 saturated carbocycles. The highest BCUT2D eigenvalue weighted by molar-refractivity contribution is 7.14. The minimum Gasteiger partial charge on any atom is -0.347 e. The quantitative estimate of drug-likeness (QED) is 0.850. The average Bonchev–Trinajstić information content (AvgIpc) is 2.85. The number of rotatable bonds is 3. The van der Waals surface area contributed by atoms with Gasteiger partial charge >= 0.3 is 0 Å². The van der Waals surface area contributed by atoms with E-state index in [-0.39, 0.29) is 5.91 Å². The van der Waals surface area contributed by atoms with E-state index in [0.29, 0.717) is 18.0 Å². The molecule has 0 aliphatic heterocycles. The van der Waals surface area contributed by atoms with E-state index in [2.05, 4.69) is 17.2 Å². The highest BCUT2D eigenvalue weighted by Crippen LogP contribution is 2.20. The number of benzene rings is 1. The van der Waals surface area contributed by atoms with Crippen molar-refractivity contribution in [3.63, 3.8) is 0 Å². The van der Waals surface area contributed by atoms with Crippen LogP contribution in [-0.4, -0.2) is 12.5 Å². The van der Waals surface area contributed by atoms with Crippen molar-refractivity contribution in [3.8, 4) is 11.8 Å². The summed E-state index contributed by atoms with van der Waals surface area (Å²) in [4.78, 5) is 13.7. The van der Waals surface area contributed by atoms with Crippen molar-refractivity contribution in [2.45, 2.75) is 13.5 Å². The molecule has 3 N–H and O–H groups in total. The number of aryl methyl sites for hydroxylation is 1. The summed E-state index contributed by atoms with van der Waals surface area (Å²) in [5.74, 6) is 5.73. The van der Waals surface area contributed by atoms with Crippen molar-refractivity contribution in [1.82, 2.24) is 5.32 Å². The van der Waals surface area contributed by atoms with Crippen LogP contribution in [0.15, 0.2) is 36.4 Å². The third kappa shape index (κ3) is 3.70. The van der Waals surface area contributed by atoms with E-state index in [1.54, 1.807) is 0 Å². The molecule has 0 aliphatic carbocycles. The van der Waals surface area contributed by atoms with E-state index in [1.165, 1.54) is 11.3 Å². The monoisotopic (exact) mass is 284 g/mol. The first-order chi connectivity index (χ1) is 9.70. The molecule has 1 amide bonds. The zero-order chi connectivity index (χ0) is 14.4. The van der Waals surface area contributed by atoms with Crippen molar-refractivity contribution in [3.05, 3.63) is 57.3 Å². The molecule has 0 fully saturated rings. The Hall–Kier alpha value is -2.09. The van der Waals surface area contributed by atoms with Gasteiger partial charge in [-0.25, -0.2) is 0 Å². The fourth-order valence-corrected chi connectivity index (χ4v) is 2.68. The highest BCUT2D eigenvalue weighted by Gasteiger charge is 2.11. The molecule has 0 bridgehead atoms. The number of thiophene rings is 1. The molecule has 3 nitrogen and oxygen atoms in total. The predicted molar refractivity (Wildman–Crippen MR) is 82.6 cm³/mol. The zero-order valence-corrected chi connectivity index (χ0v) is 12.1. The Morgan fingerprint density at radius 3 is 2.80 bits per heavy atom. The Morgan fingerprint density at radius 1 is 1.35 bits per heavy atom. The van der Waals surface area contributed by atoms with Crippen molar-refractivity contribution in [2.75, 3.05) is 6.54 Å². The van der Waals surface area contributed by atoms with Crippen molar-refractivity contribution < 1.29 is 4.79 Å². The van der Waals surface area contributed by atoms with E-state index in [9.17, 15) is 4.79 Å². The molecular formula is C16H16N2OS. The van der Waals surface area contributed by atoms with Gasteiger partial charge in [-0.05, 0) is 24.1 Å². The number of carbonyl (C=O) groups is 1. The van der Waals surface area contributed by atoms with Gasteiger partial charge < -0.3 is 11.1 Å². The lowest BCUT2D eigenvalue weighted by molar-refractivity contribution is 0.0955. The summed E-state index contributed by atoms with van der Waals surface area (Å²) < 4.78 is 0. The molecule has 0 spiro atoms. The van der Waals surface area contributed by atoms with Gasteiger partial charge in [0.1, 0.15) is 0 Å². The van der Waals surface area contributed by atoms with Gasteiger partial charge in [-0.2, -0.15) is 0 Å². The first-order valence-electron chi connectivity index (χ1n) is 6.32. The zero-order valence-electron chi connectivity index (χ0n) is 11.3. The third-order valence-corrected chi connectivity index (χ3v) is 3.89. The van der Waals surface area contributed by atoms with Gasteiger partial charge in [0.2, 0.25) is 0 Å². The molecule has 0 saturated heterocycles. The second kappa shape index (κ2) is 6.90. The van der Waals surface area contributed by atoms with Crippen LogP contribution >= 0.6 is 11.3 Å². The smallest absolute Gasteiger partial charge is 0.261 e. The minimum absolute atomic E-state index is 0.0669. The van der Waals surface area contributed by atoms with Crippen LogP contribution in [0.5, 0.6) is 0 Å². The van der Waals surface area contributed by atoms with Gasteiger partial charge in [-0.1, -0.05) is 42.2 Å². The molecule has 1 heterocycles. The van der Waals surface area contributed by atoms with E-state index >= 15 is 0 Å². The van der Waals surface area contributed by atoms with Crippen molar-refractivity contribution in [2.24, 2.45) is 5.73 Å². The Labute approximate surface area is 122 Å².